The van der Waals surface area contributed by atoms with Gasteiger partial charge >= 0.3 is 0 Å². The molecule has 4 nitrogen and oxygen atoms in total. The summed E-state index contributed by atoms with van der Waals surface area (Å²) in [4.78, 5) is 12.7. The zero-order valence-electron chi connectivity index (χ0n) is 11.5. The second-order valence-corrected chi connectivity index (χ2v) is 6.13. The van der Waals surface area contributed by atoms with Gasteiger partial charge < -0.3 is 5.32 Å². The smallest absolute Gasteiger partial charge is 0.248 e. The quantitative estimate of drug-likeness (QED) is 0.447. The molecule has 114 valence electrons. The van der Waals surface area contributed by atoms with Crippen LogP contribution in [0.25, 0.3) is 0 Å². The van der Waals surface area contributed by atoms with Crippen molar-refractivity contribution < 1.29 is 4.79 Å². The summed E-state index contributed by atoms with van der Waals surface area (Å²) in [7, 11) is 0. The Morgan fingerprint density at radius 2 is 1.73 bits per heavy atom. The van der Waals surface area contributed by atoms with Gasteiger partial charge in [-0.2, -0.15) is 0 Å². The Morgan fingerprint density at radius 1 is 1.05 bits per heavy atom. The van der Waals surface area contributed by atoms with Crippen LogP contribution in [0.2, 0.25) is 5.02 Å². The molecule has 0 aromatic heterocycles. The van der Waals surface area contributed by atoms with Crippen molar-refractivity contribution in [3.05, 3.63) is 59.6 Å². The fraction of sp³-hybridized carbons (Fsp3) is 0.0667. The number of benzene rings is 2. The van der Waals surface area contributed by atoms with E-state index in [1.54, 1.807) is 12.1 Å². The van der Waals surface area contributed by atoms with E-state index in [0.29, 0.717) is 10.1 Å². The van der Waals surface area contributed by atoms with E-state index in [4.69, 9.17) is 23.8 Å². The van der Waals surface area contributed by atoms with E-state index in [9.17, 15) is 4.79 Å². The zero-order chi connectivity index (χ0) is 15.8. The Bertz CT molecular complexity index is 635. The zero-order valence-corrected chi connectivity index (χ0v) is 13.9. The van der Waals surface area contributed by atoms with E-state index in [-0.39, 0.29) is 11.7 Å². The molecule has 22 heavy (non-hydrogen) atoms. The first-order chi connectivity index (χ1) is 10.6. The Kier molecular flexibility index (Phi) is 6.51. The number of carbonyl (C=O) groups is 1. The third-order valence-electron chi connectivity index (χ3n) is 2.53. The predicted octanol–water partition coefficient (Wildman–Crippen LogP) is 3.45. The van der Waals surface area contributed by atoms with E-state index < -0.39 is 0 Å². The van der Waals surface area contributed by atoms with Crippen LogP contribution >= 0.6 is 35.6 Å². The molecule has 0 fully saturated rings. The van der Waals surface area contributed by atoms with E-state index in [0.717, 1.165) is 10.6 Å². The number of thiocarbonyl (C=S) groups is 1. The lowest BCUT2D eigenvalue weighted by atomic mass is 10.3. The van der Waals surface area contributed by atoms with Crippen LogP contribution < -0.4 is 16.2 Å². The molecule has 0 saturated carbocycles. The van der Waals surface area contributed by atoms with Crippen LogP contribution in [0.4, 0.5) is 5.69 Å². The molecule has 0 saturated heterocycles. The van der Waals surface area contributed by atoms with Crippen LogP contribution in [0.5, 0.6) is 0 Å². The molecule has 0 spiro atoms. The monoisotopic (exact) mass is 351 g/mol. The van der Waals surface area contributed by atoms with Gasteiger partial charge in [-0.3, -0.25) is 15.6 Å². The van der Waals surface area contributed by atoms with Crippen molar-refractivity contribution in [1.82, 2.24) is 10.9 Å². The maximum absolute atomic E-state index is 11.7. The van der Waals surface area contributed by atoms with Crippen molar-refractivity contribution in [3.63, 3.8) is 0 Å². The molecule has 0 aliphatic carbocycles. The summed E-state index contributed by atoms with van der Waals surface area (Å²) in [5.41, 5.74) is 6.06. The van der Waals surface area contributed by atoms with Crippen molar-refractivity contribution in [2.24, 2.45) is 0 Å². The molecule has 0 bridgehead atoms. The molecular formula is C15H14ClN3OS2. The maximum atomic E-state index is 11.7. The van der Waals surface area contributed by atoms with Crippen molar-refractivity contribution in [1.29, 1.82) is 0 Å². The van der Waals surface area contributed by atoms with Crippen LogP contribution in [-0.4, -0.2) is 16.8 Å². The van der Waals surface area contributed by atoms with Gasteiger partial charge in [-0.15, -0.1) is 11.8 Å². The molecule has 0 aliphatic heterocycles. The molecule has 0 heterocycles. The molecular weight excluding hydrogens is 338 g/mol. The molecule has 2 rings (SSSR count). The minimum atomic E-state index is -0.169. The van der Waals surface area contributed by atoms with Gasteiger partial charge in [0.25, 0.3) is 0 Å². The summed E-state index contributed by atoms with van der Waals surface area (Å²) < 4.78 is 0. The number of hydrogen-bond acceptors (Lipinski definition) is 3. The fourth-order valence-electron chi connectivity index (χ4n) is 1.53. The lowest BCUT2D eigenvalue weighted by Gasteiger charge is -2.11. The number of para-hydroxylation sites is 1. The normalized spacial score (nSPS) is 9.86. The number of rotatable bonds is 4. The van der Waals surface area contributed by atoms with E-state index in [2.05, 4.69) is 16.2 Å². The standard InChI is InChI=1S/C15H14ClN3OS2/c16-11-6-8-13(9-7-11)22-10-14(20)18-19-15(21)17-12-4-2-1-3-5-12/h1-9H,10H2,(H,18,20)(H2,17,19,21). The molecule has 0 radical (unpaired) electrons. The summed E-state index contributed by atoms with van der Waals surface area (Å²) >= 11 is 12.3. The summed E-state index contributed by atoms with van der Waals surface area (Å²) in [6, 6.07) is 16.8. The highest BCUT2D eigenvalue weighted by molar-refractivity contribution is 8.00. The number of anilines is 1. The molecule has 3 N–H and O–H groups in total. The Balaban J connectivity index is 1.69. The average molecular weight is 352 g/mol. The molecule has 7 heteroatoms. The fourth-order valence-corrected chi connectivity index (χ4v) is 2.52. The first-order valence-electron chi connectivity index (χ1n) is 6.43. The molecule has 2 aromatic carbocycles. The SMILES string of the molecule is O=C(CSc1ccc(Cl)cc1)NNC(=S)Nc1ccccc1. The van der Waals surface area contributed by atoms with Gasteiger partial charge in [-0.1, -0.05) is 29.8 Å². The second-order valence-electron chi connectivity index (χ2n) is 4.24. The Labute approximate surface area is 143 Å². The average Bonchev–Trinajstić information content (AvgIpc) is 2.53. The lowest BCUT2D eigenvalue weighted by Crippen LogP contribution is -2.44. The largest absolute Gasteiger partial charge is 0.331 e. The first-order valence-corrected chi connectivity index (χ1v) is 8.20. The molecule has 0 unspecified atom stereocenters. The number of halogens is 1. The van der Waals surface area contributed by atoms with Gasteiger partial charge in [-0.05, 0) is 48.6 Å². The van der Waals surface area contributed by atoms with Crippen molar-refractivity contribution in [2.45, 2.75) is 4.90 Å². The van der Waals surface area contributed by atoms with Crippen LogP contribution in [-0.2, 0) is 4.79 Å². The van der Waals surface area contributed by atoms with Gasteiger partial charge in [0.05, 0.1) is 5.75 Å². The van der Waals surface area contributed by atoms with Gasteiger partial charge in [0.15, 0.2) is 5.11 Å². The van der Waals surface area contributed by atoms with Gasteiger partial charge in [0, 0.05) is 15.6 Å². The first kappa shape index (κ1) is 16.6. The Hall–Kier alpha value is -1.76. The highest BCUT2D eigenvalue weighted by Gasteiger charge is 2.04. The topological polar surface area (TPSA) is 53.2 Å². The lowest BCUT2D eigenvalue weighted by molar-refractivity contribution is -0.119. The van der Waals surface area contributed by atoms with Gasteiger partial charge in [-0.25, -0.2) is 0 Å². The number of nitrogens with one attached hydrogen (secondary N) is 3. The van der Waals surface area contributed by atoms with Crippen molar-refractivity contribution in [3.8, 4) is 0 Å². The number of carbonyl (C=O) groups excluding carboxylic acids is 1. The number of hydrazine groups is 1. The van der Waals surface area contributed by atoms with Crippen molar-refractivity contribution >= 4 is 52.3 Å². The number of amides is 1. The maximum Gasteiger partial charge on any atom is 0.248 e. The molecule has 2 aromatic rings. The molecule has 1 amide bonds. The van der Waals surface area contributed by atoms with Crippen LogP contribution in [0.1, 0.15) is 0 Å². The summed E-state index contributed by atoms with van der Waals surface area (Å²) in [6.07, 6.45) is 0. The van der Waals surface area contributed by atoms with Gasteiger partial charge in [0.2, 0.25) is 5.91 Å². The van der Waals surface area contributed by atoms with Crippen LogP contribution in [0, 0.1) is 0 Å². The van der Waals surface area contributed by atoms with E-state index in [1.165, 1.54) is 11.8 Å². The van der Waals surface area contributed by atoms with E-state index in [1.807, 2.05) is 42.5 Å². The number of hydrogen-bond donors (Lipinski definition) is 3. The van der Waals surface area contributed by atoms with Gasteiger partial charge in [0.1, 0.15) is 0 Å². The summed E-state index contributed by atoms with van der Waals surface area (Å²) in [5, 5.41) is 3.96. The van der Waals surface area contributed by atoms with Crippen LogP contribution in [0.15, 0.2) is 59.5 Å². The predicted molar refractivity (Wildman–Crippen MR) is 96.1 cm³/mol. The third-order valence-corrected chi connectivity index (χ3v) is 4.00. The number of thioether (sulfide) groups is 1. The second kappa shape index (κ2) is 8.63. The van der Waals surface area contributed by atoms with E-state index >= 15 is 0 Å². The third kappa shape index (κ3) is 5.93. The summed E-state index contributed by atoms with van der Waals surface area (Å²) in [6.45, 7) is 0. The summed E-state index contributed by atoms with van der Waals surface area (Å²) in [5.74, 6) is 0.111. The molecule has 0 atom stereocenters. The minimum absolute atomic E-state index is 0.169. The van der Waals surface area contributed by atoms with Crippen LogP contribution in [0.3, 0.4) is 0 Å². The highest BCUT2D eigenvalue weighted by atomic mass is 35.5. The minimum Gasteiger partial charge on any atom is -0.331 e. The Morgan fingerprint density at radius 3 is 2.41 bits per heavy atom. The highest BCUT2D eigenvalue weighted by Crippen LogP contribution is 2.19. The molecule has 0 aliphatic rings. The van der Waals surface area contributed by atoms with Crippen molar-refractivity contribution in [2.75, 3.05) is 11.1 Å².